The zero-order valence-corrected chi connectivity index (χ0v) is 12.1. The summed E-state index contributed by atoms with van der Waals surface area (Å²) in [6.07, 6.45) is 9.81. The van der Waals surface area contributed by atoms with Crippen LogP contribution in [0.3, 0.4) is 0 Å². The van der Waals surface area contributed by atoms with Crippen molar-refractivity contribution in [1.29, 1.82) is 0 Å². The maximum absolute atomic E-state index is 3.93. The summed E-state index contributed by atoms with van der Waals surface area (Å²) in [5, 5.41) is 3.93. The van der Waals surface area contributed by atoms with Gasteiger partial charge in [-0.05, 0) is 52.7 Å². The van der Waals surface area contributed by atoms with E-state index < -0.39 is 0 Å². The van der Waals surface area contributed by atoms with E-state index in [0.29, 0.717) is 5.54 Å². The zero-order valence-electron chi connectivity index (χ0n) is 12.1. The molecular weight excluding hydrogens is 222 g/mol. The van der Waals surface area contributed by atoms with E-state index in [4.69, 9.17) is 0 Å². The maximum Gasteiger partial charge on any atom is 0.0328 e. The molecule has 3 nitrogen and oxygen atoms in total. The van der Waals surface area contributed by atoms with E-state index >= 15 is 0 Å². The van der Waals surface area contributed by atoms with E-state index in [1.165, 1.54) is 64.6 Å². The van der Waals surface area contributed by atoms with Crippen LogP contribution in [-0.2, 0) is 0 Å². The first-order chi connectivity index (χ1) is 8.71. The minimum atomic E-state index is 0.450. The lowest BCUT2D eigenvalue weighted by molar-refractivity contribution is 0.146. The average molecular weight is 251 g/mol. The molecule has 2 unspecified atom stereocenters. The molecule has 2 atom stereocenters. The Hall–Kier alpha value is -0.120. The predicted octanol–water partition coefficient (Wildman–Crippen LogP) is 1.69. The van der Waals surface area contributed by atoms with Crippen LogP contribution in [0, 0.1) is 0 Å². The van der Waals surface area contributed by atoms with E-state index in [1.807, 2.05) is 0 Å². The summed E-state index contributed by atoms with van der Waals surface area (Å²) in [4.78, 5) is 5.18. The maximum atomic E-state index is 3.93. The largest absolute Gasteiger partial charge is 0.311 e. The summed E-state index contributed by atoms with van der Waals surface area (Å²) in [6, 6.07) is 1.62. The molecule has 0 aromatic rings. The Balaban J connectivity index is 1.57. The normalized spacial score (nSPS) is 35.5. The van der Waals surface area contributed by atoms with Crippen LogP contribution in [0.15, 0.2) is 0 Å². The van der Waals surface area contributed by atoms with Crippen LogP contribution in [-0.4, -0.2) is 61.2 Å². The molecule has 3 heteroatoms. The molecule has 0 aromatic carbocycles. The second kappa shape index (κ2) is 5.10. The lowest BCUT2D eigenvalue weighted by Gasteiger charge is -2.38. The molecule has 0 amide bonds. The van der Waals surface area contributed by atoms with Gasteiger partial charge in [-0.15, -0.1) is 0 Å². The molecule has 2 heterocycles. The summed E-state index contributed by atoms with van der Waals surface area (Å²) in [5.74, 6) is 0. The zero-order chi connectivity index (χ0) is 12.6. The van der Waals surface area contributed by atoms with Crippen molar-refractivity contribution in [1.82, 2.24) is 15.1 Å². The highest BCUT2D eigenvalue weighted by atomic mass is 15.3. The summed E-state index contributed by atoms with van der Waals surface area (Å²) in [7, 11) is 4.53. The highest BCUT2D eigenvalue weighted by molar-refractivity contribution is 5.00. The third kappa shape index (κ3) is 2.21. The molecule has 2 aliphatic heterocycles. The van der Waals surface area contributed by atoms with Gasteiger partial charge in [0.05, 0.1) is 0 Å². The third-order valence-corrected chi connectivity index (χ3v) is 5.78. The molecule has 0 aromatic heterocycles. The van der Waals surface area contributed by atoms with Gasteiger partial charge in [-0.2, -0.15) is 0 Å². The highest BCUT2D eigenvalue weighted by Gasteiger charge is 2.40. The van der Waals surface area contributed by atoms with Gasteiger partial charge < -0.3 is 10.2 Å². The summed E-state index contributed by atoms with van der Waals surface area (Å²) in [6.45, 7) is 3.88. The Labute approximate surface area is 112 Å². The van der Waals surface area contributed by atoms with E-state index in [9.17, 15) is 0 Å². The van der Waals surface area contributed by atoms with Gasteiger partial charge >= 0.3 is 0 Å². The predicted molar refractivity (Wildman–Crippen MR) is 75.9 cm³/mol. The van der Waals surface area contributed by atoms with Crippen molar-refractivity contribution >= 4 is 0 Å². The number of nitrogens with zero attached hydrogens (tertiary/aromatic N) is 2. The Morgan fingerprint density at radius 1 is 1.11 bits per heavy atom. The summed E-state index contributed by atoms with van der Waals surface area (Å²) >= 11 is 0. The molecule has 2 saturated heterocycles. The van der Waals surface area contributed by atoms with Crippen LogP contribution in [0.25, 0.3) is 0 Å². The van der Waals surface area contributed by atoms with Crippen molar-refractivity contribution < 1.29 is 0 Å². The van der Waals surface area contributed by atoms with Gasteiger partial charge in [-0.25, -0.2) is 0 Å². The average Bonchev–Trinajstić information content (AvgIpc) is 3.04. The standard InChI is InChI=1S/C15H29N3/c1-17(2)15(8-3-4-9-15)12-16-13-7-11-18-10-5-6-14(13)18/h13-14,16H,3-12H2,1-2H3. The quantitative estimate of drug-likeness (QED) is 0.820. The van der Waals surface area contributed by atoms with Crippen molar-refractivity contribution in [2.24, 2.45) is 0 Å². The molecule has 1 saturated carbocycles. The molecule has 18 heavy (non-hydrogen) atoms. The molecule has 0 spiro atoms. The van der Waals surface area contributed by atoms with E-state index in [-0.39, 0.29) is 0 Å². The van der Waals surface area contributed by atoms with Crippen LogP contribution < -0.4 is 5.32 Å². The van der Waals surface area contributed by atoms with E-state index in [1.54, 1.807) is 0 Å². The van der Waals surface area contributed by atoms with Gasteiger partial charge in [0.15, 0.2) is 0 Å². The lowest BCUT2D eigenvalue weighted by Crippen LogP contribution is -2.53. The smallest absolute Gasteiger partial charge is 0.0328 e. The molecule has 0 bridgehead atoms. The number of nitrogens with one attached hydrogen (secondary N) is 1. The fraction of sp³-hybridized carbons (Fsp3) is 1.00. The van der Waals surface area contributed by atoms with Crippen molar-refractivity contribution in [3.8, 4) is 0 Å². The Bertz CT molecular complexity index is 283. The first-order valence-electron chi connectivity index (χ1n) is 7.86. The topological polar surface area (TPSA) is 18.5 Å². The molecule has 3 fully saturated rings. The number of hydrogen-bond acceptors (Lipinski definition) is 3. The fourth-order valence-corrected chi connectivity index (χ4v) is 4.46. The first-order valence-corrected chi connectivity index (χ1v) is 7.86. The minimum Gasteiger partial charge on any atom is -0.311 e. The summed E-state index contributed by atoms with van der Waals surface area (Å²) in [5.41, 5.74) is 0.450. The molecule has 1 aliphatic carbocycles. The van der Waals surface area contributed by atoms with Gasteiger partial charge in [0, 0.05) is 30.7 Å². The molecular formula is C15H29N3. The van der Waals surface area contributed by atoms with Crippen LogP contribution in [0.4, 0.5) is 0 Å². The monoisotopic (exact) mass is 251 g/mol. The number of hydrogen-bond donors (Lipinski definition) is 1. The van der Waals surface area contributed by atoms with Crippen LogP contribution in [0.2, 0.25) is 0 Å². The SMILES string of the molecule is CN(C)C1(CNC2CCN3CCCC23)CCCC1. The summed E-state index contributed by atoms with van der Waals surface area (Å²) < 4.78 is 0. The van der Waals surface area contributed by atoms with Crippen LogP contribution >= 0.6 is 0 Å². The van der Waals surface area contributed by atoms with Crippen molar-refractivity contribution in [3.05, 3.63) is 0 Å². The molecule has 1 N–H and O–H groups in total. The van der Waals surface area contributed by atoms with Gasteiger partial charge in [0.25, 0.3) is 0 Å². The van der Waals surface area contributed by atoms with Crippen LogP contribution in [0.1, 0.15) is 44.9 Å². The van der Waals surface area contributed by atoms with Gasteiger partial charge in [-0.1, -0.05) is 12.8 Å². The van der Waals surface area contributed by atoms with Gasteiger partial charge in [-0.3, -0.25) is 4.90 Å². The second-order valence-electron chi connectivity index (χ2n) is 6.85. The van der Waals surface area contributed by atoms with Gasteiger partial charge in [0.1, 0.15) is 0 Å². The molecule has 104 valence electrons. The van der Waals surface area contributed by atoms with Gasteiger partial charge in [0.2, 0.25) is 0 Å². The lowest BCUT2D eigenvalue weighted by atomic mass is 9.95. The number of fused-ring (bicyclic) bond motifs is 1. The Morgan fingerprint density at radius 3 is 2.61 bits per heavy atom. The molecule has 3 rings (SSSR count). The minimum absolute atomic E-state index is 0.450. The van der Waals surface area contributed by atoms with E-state index in [2.05, 4.69) is 29.2 Å². The second-order valence-corrected chi connectivity index (χ2v) is 6.85. The Morgan fingerprint density at radius 2 is 1.89 bits per heavy atom. The first kappa shape index (κ1) is 12.9. The van der Waals surface area contributed by atoms with E-state index in [0.717, 1.165) is 12.1 Å². The molecule has 3 aliphatic rings. The highest BCUT2D eigenvalue weighted by Crippen LogP contribution is 2.34. The van der Waals surface area contributed by atoms with Crippen molar-refractivity contribution in [3.63, 3.8) is 0 Å². The van der Waals surface area contributed by atoms with Crippen LogP contribution in [0.5, 0.6) is 0 Å². The van der Waals surface area contributed by atoms with Crippen molar-refractivity contribution in [2.75, 3.05) is 33.7 Å². The number of rotatable bonds is 4. The number of likely N-dealkylation sites (N-methyl/N-ethyl adjacent to an activating group) is 1. The Kier molecular flexibility index (Phi) is 3.65. The molecule has 0 radical (unpaired) electrons. The third-order valence-electron chi connectivity index (χ3n) is 5.78. The van der Waals surface area contributed by atoms with Crippen molar-refractivity contribution in [2.45, 2.75) is 62.6 Å². The fourth-order valence-electron chi connectivity index (χ4n) is 4.46.